The summed E-state index contributed by atoms with van der Waals surface area (Å²) in [4.78, 5) is 11.8. The van der Waals surface area contributed by atoms with Crippen LogP contribution in [0.2, 0.25) is 0 Å². The molecule has 3 rings (SSSR count). The highest BCUT2D eigenvalue weighted by Gasteiger charge is 2.48. The van der Waals surface area contributed by atoms with Crippen molar-refractivity contribution < 1.29 is 22.7 Å². The number of nitrogens with one attached hydrogen (secondary N) is 1. The van der Waals surface area contributed by atoms with Gasteiger partial charge in [0.1, 0.15) is 0 Å². The van der Waals surface area contributed by atoms with E-state index in [-0.39, 0.29) is 17.9 Å². The third-order valence-corrected chi connectivity index (χ3v) is 4.86. The third kappa shape index (κ3) is 2.60. The van der Waals surface area contributed by atoms with Crippen LogP contribution >= 0.6 is 0 Å². The third-order valence-electron chi connectivity index (χ3n) is 4.86. The highest BCUT2D eigenvalue weighted by molar-refractivity contribution is 5.73. The molecule has 3 nitrogen and oxygen atoms in total. The quantitative estimate of drug-likeness (QED) is 0.852. The zero-order valence-corrected chi connectivity index (χ0v) is 12.2. The number of carbonyl (C=O) groups excluding carboxylic acids is 1. The normalized spacial score (nSPS) is 31.1. The summed E-state index contributed by atoms with van der Waals surface area (Å²) >= 11 is 0. The summed E-state index contributed by atoms with van der Waals surface area (Å²) in [6, 6.07) is 5.50. The van der Waals surface area contributed by atoms with Gasteiger partial charge in [0.25, 0.3) is 0 Å². The first kappa shape index (κ1) is 15.3. The van der Waals surface area contributed by atoms with Gasteiger partial charge < -0.3 is 10.1 Å². The van der Waals surface area contributed by atoms with E-state index >= 15 is 0 Å². The Bertz CT molecular complexity index is 570. The minimum Gasteiger partial charge on any atom is -0.469 e. The SMILES string of the molecule is COC(=O)C1C[C@H]2CC[C@@](c3ccc(C(F)(F)F)cc3)(C1)N2. The van der Waals surface area contributed by atoms with E-state index in [2.05, 4.69) is 5.32 Å². The van der Waals surface area contributed by atoms with E-state index in [0.717, 1.165) is 37.0 Å². The molecule has 2 aliphatic heterocycles. The number of rotatable bonds is 2. The first-order chi connectivity index (χ1) is 10.3. The number of piperidine rings is 1. The molecular weight excluding hydrogens is 295 g/mol. The van der Waals surface area contributed by atoms with Crippen molar-refractivity contribution in [2.24, 2.45) is 5.92 Å². The van der Waals surface area contributed by atoms with E-state index in [9.17, 15) is 18.0 Å². The van der Waals surface area contributed by atoms with E-state index in [0.29, 0.717) is 6.42 Å². The van der Waals surface area contributed by atoms with Crippen molar-refractivity contribution in [2.75, 3.05) is 7.11 Å². The van der Waals surface area contributed by atoms with Crippen LogP contribution in [0.4, 0.5) is 13.2 Å². The van der Waals surface area contributed by atoms with Crippen molar-refractivity contribution in [1.29, 1.82) is 0 Å². The van der Waals surface area contributed by atoms with Gasteiger partial charge in [0, 0.05) is 11.6 Å². The number of benzene rings is 1. The van der Waals surface area contributed by atoms with Crippen molar-refractivity contribution in [2.45, 2.75) is 43.4 Å². The standard InChI is InChI=1S/C16H18F3NO2/c1-22-14(21)10-8-13-6-7-15(9-10,20-13)11-2-4-12(5-3-11)16(17,18)19/h2-5,10,13,20H,6-9H2,1H3/t10?,13-,15+/m1/s1. The molecule has 3 atom stereocenters. The second-order valence-corrected chi connectivity index (χ2v) is 6.20. The minimum absolute atomic E-state index is 0.193. The molecule has 1 N–H and O–H groups in total. The fraction of sp³-hybridized carbons (Fsp3) is 0.562. The average molecular weight is 313 g/mol. The van der Waals surface area contributed by atoms with Crippen LogP contribution in [-0.4, -0.2) is 19.1 Å². The molecule has 0 saturated carbocycles. The molecule has 2 heterocycles. The molecule has 120 valence electrons. The number of fused-ring (bicyclic) bond motifs is 2. The van der Waals surface area contributed by atoms with Crippen LogP contribution in [0.25, 0.3) is 0 Å². The van der Waals surface area contributed by atoms with Gasteiger partial charge in [-0.15, -0.1) is 0 Å². The smallest absolute Gasteiger partial charge is 0.416 e. The maximum absolute atomic E-state index is 12.7. The van der Waals surface area contributed by atoms with Crippen LogP contribution in [0.1, 0.15) is 36.8 Å². The number of hydrogen-bond acceptors (Lipinski definition) is 3. The van der Waals surface area contributed by atoms with Crippen LogP contribution in [0.5, 0.6) is 0 Å². The molecule has 22 heavy (non-hydrogen) atoms. The molecule has 1 aromatic carbocycles. The van der Waals surface area contributed by atoms with E-state index in [1.807, 2.05) is 0 Å². The Kier molecular flexibility index (Phi) is 3.67. The molecule has 1 aromatic rings. The molecule has 0 amide bonds. The second kappa shape index (κ2) is 5.26. The van der Waals surface area contributed by atoms with Gasteiger partial charge in [0.05, 0.1) is 18.6 Å². The van der Waals surface area contributed by atoms with Crippen LogP contribution < -0.4 is 5.32 Å². The Morgan fingerprint density at radius 2 is 2.00 bits per heavy atom. The zero-order valence-electron chi connectivity index (χ0n) is 12.2. The number of carbonyl (C=O) groups is 1. The van der Waals surface area contributed by atoms with Crippen molar-refractivity contribution in [3.05, 3.63) is 35.4 Å². The Morgan fingerprint density at radius 3 is 2.59 bits per heavy atom. The molecule has 2 fully saturated rings. The highest BCUT2D eigenvalue weighted by atomic mass is 19.4. The van der Waals surface area contributed by atoms with Crippen LogP contribution in [0, 0.1) is 5.92 Å². The van der Waals surface area contributed by atoms with Crippen LogP contribution in [0.15, 0.2) is 24.3 Å². The van der Waals surface area contributed by atoms with Gasteiger partial charge in [-0.05, 0) is 43.4 Å². The number of methoxy groups -OCH3 is 1. The number of halogens is 3. The monoisotopic (exact) mass is 313 g/mol. The summed E-state index contributed by atoms with van der Waals surface area (Å²) in [7, 11) is 1.37. The molecular formula is C16H18F3NO2. The molecule has 0 spiro atoms. The summed E-state index contributed by atoms with van der Waals surface area (Å²) in [5, 5.41) is 3.50. The minimum atomic E-state index is -4.33. The number of alkyl halides is 3. The van der Waals surface area contributed by atoms with Crippen molar-refractivity contribution >= 4 is 5.97 Å². The summed E-state index contributed by atoms with van der Waals surface area (Å²) < 4.78 is 42.9. The zero-order chi connectivity index (χ0) is 16.0. The van der Waals surface area contributed by atoms with Crippen LogP contribution in [0.3, 0.4) is 0 Å². The van der Waals surface area contributed by atoms with Gasteiger partial charge in [0.2, 0.25) is 0 Å². The summed E-state index contributed by atoms with van der Waals surface area (Å²) in [6.07, 6.45) is -1.27. The van der Waals surface area contributed by atoms with E-state index in [4.69, 9.17) is 4.74 Å². The summed E-state index contributed by atoms with van der Waals surface area (Å²) in [6.45, 7) is 0. The first-order valence-electron chi connectivity index (χ1n) is 7.37. The van der Waals surface area contributed by atoms with Crippen LogP contribution in [-0.2, 0) is 21.2 Å². The lowest BCUT2D eigenvalue weighted by atomic mass is 9.78. The topological polar surface area (TPSA) is 38.3 Å². The Hall–Kier alpha value is -1.56. The molecule has 0 radical (unpaired) electrons. The van der Waals surface area contributed by atoms with Gasteiger partial charge >= 0.3 is 12.1 Å². The number of ether oxygens (including phenoxy) is 1. The maximum Gasteiger partial charge on any atom is 0.416 e. The lowest BCUT2D eigenvalue weighted by Gasteiger charge is -2.38. The van der Waals surface area contributed by atoms with E-state index < -0.39 is 17.3 Å². The van der Waals surface area contributed by atoms with Gasteiger partial charge in [-0.1, -0.05) is 12.1 Å². The lowest BCUT2D eigenvalue weighted by molar-refractivity contribution is -0.147. The van der Waals surface area contributed by atoms with Gasteiger partial charge in [-0.3, -0.25) is 4.79 Å². The fourth-order valence-corrected chi connectivity index (χ4v) is 3.81. The first-order valence-corrected chi connectivity index (χ1v) is 7.37. The fourth-order valence-electron chi connectivity index (χ4n) is 3.81. The van der Waals surface area contributed by atoms with Gasteiger partial charge in [-0.2, -0.15) is 13.2 Å². The van der Waals surface area contributed by atoms with Gasteiger partial charge in [0.15, 0.2) is 0 Å². The predicted octanol–water partition coefficient (Wildman–Crippen LogP) is 3.24. The molecule has 0 aliphatic carbocycles. The molecule has 2 saturated heterocycles. The molecule has 1 unspecified atom stereocenters. The lowest BCUT2D eigenvalue weighted by Crippen LogP contribution is -2.48. The average Bonchev–Trinajstić information content (AvgIpc) is 2.81. The summed E-state index contributed by atoms with van der Waals surface area (Å²) in [5.74, 6) is -0.425. The Morgan fingerprint density at radius 1 is 1.32 bits per heavy atom. The van der Waals surface area contributed by atoms with Crippen molar-refractivity contribution in [3.8, 4) is 0 Å². The number of hydrogen-bond donors (Lipinski definition) is 1. The Balaban J connectivity index is 1.88. The second-order valence-electron chi connectivity index (χ2n) is 6.20. The molecule has 0 aromatic heterocycles. The number of esters is 1. The van der Waals surface area contributed by atoms with Crippen molar-refractivity contribution in [1.82, 2.24) is 5.32 Å². The molecule has 6 heteroatoms. The maximum atomic E-state index is 12.7. The summed E-state index contributed by atoms with van der Waals surface area (Å²) in [5.41, 5.74) is -0.245. The van der Waals surface area contributed by atoms with E-state index in [1.54, 1.807) is 0 Å². The largest absolute Gasteiger partial charge is 0.469 e. The van der Waals surface area contributed by atoms with Crippen molar-refractivity contribution in [3.63, 3.8) is 0 Å². The molecule has 2 aliphatic rings. The van der Waals surface area contributed by atoms with E-state index in [1.165, 1.54) is 19.2 Å². The van der Waals surface area contributed by atoms with Gasteiger partial charge in [-0.25, -0.2) is 0 Å². The Labute approximate surface area is 126 Å². The predicted molar refractivity (Wildman–Crippen MR) is 74.0 cm³/mol. The molecule has 2 bridgehead atoms. The highest BCUT2D eigenvalue weighted by Crippen LogP contribution is 2.46.